The van der Waals surface area contributed by atoms with Gasteiger partial charge >= 0.3 is 6.09 Å². The molecule has 7 amide bonds. The summed E-state index contributed by atoms with van der Waals surface area (Å²) in [6.07, 6.45) is 8.23. The van der Waals surface area contributed by atoms with Crippen LogP contribution in [0.4, 0.5) is 27.5 Å². The molecule has 5 atom stereocenters. The number of hydrogen-bond acceptors (Lipinski definition) is 16. The Morgan fingerprint density at radius 3 is 2.01 bits per heavy atom. The van der Waals surface area contributed by atoms with E-state index in [2.05, 4.69) is 40.1 Å². The third-order valence-electron chi connectivity index (χ3n) is 20.5. The number of aliphatic hydroxyl groups excluding tert-OH is 1. The Balaban J connectivity index is 0.580. The van der Waals surface area contributed by atoms with E-state index in [0.29, 0.717) is 97.9 Å². The molecular formula is C75H87N11O13. The number of anilines is 3. The van der Waals surface area contributed by atoms with E-state index in [0.717, 1.165) is 71.6 Å². The van der Waals surface area contributed by atoms with Crippen LogP contribution in [0.3, 0.4) is 0 Å². The molecule has 2 saturated carbocycles. The summed E-state index contributed by atoms with van der Waals surface area (Å²) in [5.74, 6) is -0.685. The number of aliphatic imine (C=N–C) groups is 1. The highest BCUT2D eigenvalue weighted by atomic mass is 16.6. The average Bonchev–Trinajstić information content (AvgIpc) is 1.60. The van der Waals surface area contributed by atoms with Gasteiger partial charge in [-0.3, -0.25) is 33.8 Å². The largest absolute Gasteiger partial charge is 0.493 e. The number of methoxy groups -OCH3 is 2. The second kappa shape index (κ2) is 28.2. The fourth-order valence-electron chi connectivity index (χ4n) is 14.5. The fraction of sp³-hybridized carbons (Fsp3) is 0.467. The van der Waals surface area contributed by atoms with Crippen LogP contribution in [0.1, 0.15) is 156 Å². The van der Waals surface area contributed by atoms with Crippen LogP contribution < -0.4 is 44.7 Å². The standard InChI is InChI=1S/C75H87N11O13/c1-44(2)65(79-63(87)21-13-14-22-64(88)82-40-48-17-9-10-18-51(48)67-66(80-81-86(67)45(3)4)52-19-11-12-20-56(52)82)69(90)77-46(5)68(89)78-49-25-23-47(24-26-49)41-99-73(94)85-57-36-62(60(96-7)34-54(57)71(92)84-43-75(29-30-75)38-58(84)72(85)93)98-32-16-8-15-31-97-61-35-55-53(33-59(61)95-6)70(91)83-42-74(27-28-74)37-50(83)39-76-55/h9-12,17-20,23-26,33-36,39,44-46,50,58,65,72,93H,8,13-16,21-22,27-32,37-38,40-43H2,1-7H3,(H,77,90)(H,78,89)(H,79,87)/t46-,50-,58-,65-,72?/m0/s1. The second-order valence-electron chi connectivity index (χ2n) is 28.2. The highest BCUT2D eigenvalue weighted by Crippen LogP contribution is 2.58. The van der Waals surface area contributed by atoms with E-state index in [9.17, 15) is 38.7 Å². The molecule has 4 fully saturated rings. The number of aromatic nitrogens is 3. The van der Waals surface area contributed by atoms with Crippen molar-refractivity contribution in [3.05, 3.63) is 119 Å². The van der Waals surface area contributed by atoms with Crippen LogP contribution in [-0.2, 0) is 37.1 Å². The van der Waals surface area contributed by atoms with E-state index in [1.807, 2.05) is 64.3 Å². The van der Waals surface area contributed by atoms with Crippen LogP contribution in [0.25, 0.3) is 22.5 Å². The van der Waals surface area contributed by atoms with Crippen molar-refractivity contribution in [2.24, 2.45) is 21.7 Å². The number of nitrogens with one attached hydrogen (secondary N) is 3. The molecule has 24 nitrogen and oxygen atoms in total. The second-order valence-corrected chi connectivity index (χ2v) is 28.2. The number of ether oxygens (including phenoxy) is 5. The van der Waals surface area contributed by atoms with E-state index >= 15 is 0 Å². The fourth-order valence-corrected chi connectivity index (χ4v) is 14.5. The molecule has 2 saturated heterocycles. The van der Waals surface area contributed by atoms with Crippen LogP contribution in [0.5, 0.6) is 23.0 Å². The summed E-state index contributed by atoms with van der Waals surface area (Å²) in [6, 6.07) is 26.3. The van der Waals surface area contributed by atoms with E-state index in [4.69, 9.17) is 28.7 Å². The molecule has 13 rings (SSSR count). The Morgan fingerprint density at radius 1 is 0.667 bits per heavy atom. The third kappa shape index (κ3) is 14.0. The Bertz CT molecular complexity index is 4140. The molecule has 2 spiro atoms. The Morgan fingerprint density at radius 2 is 1.31 bits per heavy atom. The number of amides is 7. The summed E-state index contributed by atoms with van der Waals surface area (Å²) in [5.41, 5.74) is 7.50. The average molecular weight is 1350 g/mol. The van der Waals surface area contributed by atoms with Crippen molar-refractivity contribution in [3.63, 3.8) is 0 Å². The van der Waals surface area contributed by atoms with Crippen molar-refractivity contribution in [2.45, 2.75) is 168 Å². The maximum Gasteiger partial charge on any atom is 0.416 e. The third-order valence-corrected chi connectivity index (χ3v) is 20.5. The predicted molar refractivity (Wildman–Crippen MR) is 370 cm³/mol. The first-order chi connectivity index (χ1) is 47.7. The molecule has 520 valence electrons. The maximum absolute atomic E-state index is 14.5. The van der Waals surface area contributed by atoms with Crippen LogP contribution in [0.2, 0.25) is 0 Å². The van der Waals surface area contributed by atoms with Crippen molar-refractivity contribution in [1.29, 1.82) is 0 Å². The van der Waals surface area contributed by atoms with E-state index in [1.165, 1.54) is 7.11 Å². The van der Waals surface area contributed by atoms with Gasteiger partial charge in [-0.05, 0) is 150 Å². The molecule has 24 heteroatoms. The lowest BCUT2D eigenvalue weighted by atomic mass is 9.95. The minimum Gasteiger partial charge on any atom is -0.493 e. The number of carbonyl (C=O) groups excluding carboxylic acids is 7. The number of nitrogens with zero attached hydrogens (tertiary/aromatic N) is 8. The van der Waals surface area contributed by atoms with Gasteiger partial charge in [0.25, 0.3) is 11.8 Å². The van der Waals surface area contributed by atoms with Gasteiger partial charge in [0.15, 0.2) is 29.2 Å². The molecule has 2 aliphatic carbocycles. The lowest BCUT2D eigenvalue weighted by molar-refractivity contribution is -0.131. The number of aliphatic hydroxyl groups is 1. The molecule has 5 aromatic carbocycles. The molecule has 4 N–H and O–H groups in total. The molecule has 6 aromatic rings. The highest BCUT2D eigenvalue weighted by Gasteiger charge is 2.58. The van der Waals surface area contributed by atoms with Crippen LogP contribution in [-0.4, -0.2) is 149 Å². The topological polar surface area (TPSA) is 278 Å². The number of para-hydroxylation sites is 1. The molecule has 7 aliphatic rings. The minimum absolute atomic E-state index is 0.00877. The van der Waals surface area contributed by atoms with Crippen molar-refractivity contribution in [2.75, 3.05) is 55.6 Å². The van der Waals surface area contributed by atoms with Gasteiger partial charge in [-0.1, -0.05) is 73.7 Å². The summed E-state index contributed by atoms with van der Waals surface area (Å²) < 4.78 is 31.8. The van der Waals surface area contributed by atoms with Crippen molar-refractivity contribution < 1.29 is 62.4 Å². The minimum atomic E-state index is -1.45. The van der Waals surface area contributed by atoms with E-state index in [-0.39, 0.29) is 101 Å². The van der Waals surface area contributed by atoms with Crippen molar-refractivity contribution in [3.8, 4) is 45.5 Å². The smallest absolute Gasteiger partial charge is 0.416 e. The SMILES string of the molecule is COc1cc2c(cc1OCCCCCOc1cc3c(cc1OC)C(=O)N1CC4(CC4)C[C@H]1C(O)N3C(=O)OCc1ccc(NC(=O)[C@H](C)NC(=O)[C@@H](NC(=O)CCCCC(=O)N3Cc4ccccc4-c4c(nnn4C(C)C)-c4ccccc43)C(C)C)cc1)N=C[C@@H]1CC3(CC3)CN1C2=O. The molecular weight excluding hydrogens is 1260 g/mol. The number of hydrogen-bond donors (Lipinski definition) is 4. The summed E-state index contributed by atoms with van der Waals surface area (Å²) in [5, 5.41) is 29.7. The van der Waals surface area contributed by atoms with Gasteiger partial charge < -0.3 is 59.4 Å². The lowest BCUT2D eigenvalue weighted by Gasteiger charge is -2.31. The van der Waals surface area contributed by atoms with Gasteiger partial charge in [0.05, 0.1) is 79.9 Å². The predicted octanol–water partition coefficient (Wildman–Crippen LogP) is 10.7. The Labute approximate surface area is 575 Å². The summed E-state index contributed by atoms with van der Waals surface area (Å²) in [4.78, 5) is 109. The highest BCUT2D eigenvalue weighted by molar-refractivity contribution is 6.07. The van der Waals surface area contributed by atoms with Gasteiger partial charge in [0.2, 0.25) is 23.6 Å². The molecule has 1 unspecified atom stereocenters. The first-order valence-corrected chi connectivity index (χ1v) is 34.7. The zero-order chi connectivity index (χ0) is 69.4. The van der Waals surface area contributed by atoms with Crippen molar-refractivity contribution >= 4 is 70.5 Å². The van der Waals surface area contributed by atoms with Gasteiger partial charge in [-0.2, -0.15) is 0 Å². The number of carbonyl (C=O) groups is 7. The normalized spacial score (nSPS) is 19.2. The number of benzene rings is 5. The molecule has 0 bridgehead atoms. The first kappa shape index (κ1) is 67.7. The van der Waals surface area contributed by atoms with E-state index in [1.54, 1.807) is 86.2 Å². The molecule has 6 heterocycles. The lowest BCUT2D eigenvalue weighted by Crippen LogP contribution is -2.53. The first-order valence-electron chi connectivity index (χ1n) is 34.7. The number of unbranched alkanes of at least 4 members (excludes halogenated alkanes) is 3. The molecule has 1 aromatic heterocycles. The Hall–Kier alpha value is -9.84. The summed E-state index contributed by atoms with van der Waals surface area (Å²) in [7, 11) is 3.03. The number of fused-ring (bicyclic) bond motifs is 9. The zero-order valence-corrected chi connectivity index (χ0v) is 57.2. The quantitative estimate of drug-likeness (QED) is 0.0410. The van der Waals surface area contributed by atoms with Crippen LogP contribution >= 0.6 is 0 Å². The van der Waals surface area contributed by atoms with Crippen LogP contribution in [0.15, 0.2) is 102 Å². The molecule has 5 aliphatic heterocycles. The molecule has 99 heavy (non-hydrogen) atoms. The van der Waals surface area contributed by atoms with Gasteiger partial charge in [-0.15, -0.1) is 5.10 Å². The summed E-state index contributed by atoms with van der Waals surface area (Å²) in [6.45, 7) is 11.2. The Kier molecular flexibility index (Phi) is 19.3. The molecule has 0 radical (unpaired) electrons. The summed E-state index contributed by atoms with van der Waals surface area (Å²) >= 11 is 0. The van der Waals surface area contributed by atoms with Gasteiger partial charge in [-0.25, -0.2) is 14.4 Å². The van der Waals surface area contributed by atoms with E-state index < -0.39 is 42.3 Å². The monoisotopic (exact) mass is 1350 g/mol. The maximum atomic E-state index is 14.5. The van der Waals surface area contributed by atoms with Gasteiger partial charge in [0, 0.05) is 67.1 Å². The van der Waals surface area contributed by atoms with Crippen molar-refractivity contribution in [1.82, 2.24) is 35.4 Å². The van der Waals surface area contributed by atoms with Crippen LogP contribution in [0, 0.1) is 16.7 Å². The number of rotatable bonds is 24. The zero-order valence-electron chi connectivity index (χ0n) is 57.2. The van der Waals surface area contributed by atoms with Gasteiger partial charge in [0.1, 0.15) is 24.4 Å².